The van der Waals surface area contributed by atoms with Crippen LogP contribution in [-0.2, 0) is 28.9 Å². The highest BCUT2D eigenvalue weighted by Gasteiger charge is 2.57. The van der Waals surface area contributed by atoms with Crippen LogP contribution in [0.25, 0.3) is 0 Å². The first kappa shape index (κ1) is 19.7. The largest absolute Gasteiger partial charge is 0.416 e. The van der Waals surface area contributed by atoms with Crippen molar-refractivity contribution in [3.05, 3.63) is 34.9 Å². The second-order valence-corrected chi connectivity index (χ2v) is 8.14. The summed E-state index contributed by atoms with van der Waals surface area (Å²) in [6.45, 7) is 2.20. The molecular weight excluding hydrogens is 387 g/mol. The van der Waals surface area contributed by atoms with Crippen LogP contribution in [0.4, 0.5) is 18.0 Å². The van der Waals surface area contributed by atoms with E-state index in [1.54, 1.807) is 0 Å². The molecule has 2 fully saturated rings. The molecular formula is C20H22F3N3O3. The van der Waals surface area contributed by atoms with Gasteiger partial charge in [0.1, 0.15) is 5.54 Å². The van der Waals surface area contributed by atoms with Crippen molar-refractivity contribution in [2.45, 2.75) is 57.4 Å². The fraction of sp³-hybridized carbons (Fsp3) is 0.550. The number of alkyl halides is 3. The molecule has 29 heavy (non-hydrogen) atoms. The van der Waals surface area contributed by atoms with E-state index in [1.807, 2.05) is 6.92 Å². The molecule has 0 radical (unpaired) electrons. The molecule has 0 aromatic heterocycles. The first-order valence-electron chi connectivity index (χ1n) is 9.75. The van der Waals surface area contributed by atoms with Crippen LogP contribution in [0.5, 0.6) is 0 Å². The Hall–Kier alpha value is -2.58. The zero-order chi connectivity index (χ0) is 21.0. The standard InChI is InChI=1S/C20H22F3N3O3/c1-2-11(8-19(14-5-6-14)17(28)24-18(29)25-19)16(27)26-9-12-3-4-15(20(21,22)23)7-13(12)10-26/h3-4,7,11,14H,2,5-6,8-10H2,1H3,(H2,24,25,28,29)/t11-,19+/m1/s1. The molecule has 0 bridgehead atoms. The van der Waals surface area contributed by atoms with Crippen LogP contribution < -0.4 is 10.6 Å². The van der Waals surface area contributed by atoms with E-state index in [0.717, 1.165) is 25.0 Å². The van der Waals surface area contributed by atoms with Crippen LogP contribution in [0, 0.1) is 11.8 Å². The van der Waals surface area contributed by atoms with Gasteiger partial charge in [-0.25, -0.2) is 4.79 Å². The summed E-state index contributed by atoms with van der Waals surface area (Å²) < 4.78 is 38.9. The molecule has 1 saturated carbocycles. The van der Waals surface area contributed by atoms with Gasteiger partial charge >= 0.3 is 12.2 Å². The normalized spacial score (nSPS) is 24.9. The molecule has 1 aromatic rings. The monoisotopic (exact) mass is 409 g/mol. The summed E-state index contributed by atoms with van der Waals surface area (Å²) in [7, 11) is 0. The number of halogens is 3. The van der Waals surface area contributed by atoms with Gasteiger partial charge in [0.2, 0.25) is 5.91 Å². The molecule has 2 heterocycles. The SMILES string of the molecule is CC[C@H](C[C@@]1(C2CC2)NC(=O)NC1=O)C(=O)N1Cc2ccc(C(F)(F)F)cc2C1. The topological polar surface area (TPSA) is 78.5 Å². The van der Waals surface area contributed by atoms with Gasteiger partial charge in [-0.2, -0.15) is 13.2 Å². The Kier molecular flexibility index (Phi) is 4.59. The average molecular weight is 409 g/mol. The molecule has 1 aromatic carbocycles. The van der Waals surface area contributed by atoms with Gasteiger partial charge in [-0.1, -0.05) is 13.0 Å². The maximum Gasteiger partial charge on any atom is 0.416 e. The van der Waals surface area contributed by atoms with Crippen molar-refractivity contribution >= 4 is 17.8 Å². The van der Waals surface area contributed by atoms with Crippen molar-refractivity contribution in [1.82, 2.24) is 15.5 Å². The van der Waals surface area contributed by atoms with E-state index in [-0.39, 0.29) is 31.3 Å². The van der Waals surface area contributed by atoms with Crippen molar-refractivity contribution in [3.63, 3.8) is 0 Å². The summed E-state index contributed by atoms with van der Waals surface area (Å²) in [4.78, 5) is 38.9. The van der Waals surface area contributed by atoms with Crippen molar-refractivity contribution in [2.24, 2.45) is 11.8 Å². The number of hydrogen-bond donors (Lipinski definition) is 2. The highest BCUT2D eigenvalue weighted by Crippen LogP contribution is 2.45. The van der Waals surface area contributed by atoms with Crippen molar-refractivity contribution in [1.29, 1.82) is 0 Å². The number of hydrogen-bond acceptors (Lipinski definition) is 3. The molecule has 156 valence electrons. The third-order valence-electron chi connectivity index (χ3n) is 6.22. The van der Waals surface area contributed by atoms with Crippen LogP contribution in [0.2, 0.25) is 0 Å². The Balaban J connectivity index is 1.51. The van der Waals surface area contributed by atoms with E-state index in [2.05, 4.69) is 10.6 Å². The lowest BCUT2D eigenvalue weighted by Crippen LogP contribution is -2.52. The van der Waals surface area contributed by atoms with E-state index < -0.39 is 35.1 Å². The van der Waals surface area contributed by atoms with Gasteiger partial charge in [-0.05, 0) is 54.9 Å². The average Bonchev–Trinajstić information content (AvgIpc) is 3.35. The maximum absolute atomic E-state index is 13.1. The number of fused-ring (bicyclic) bond motifs is 1. The highest BCUT2D eigenvalue weighted by molar-refractivity contribution is 6.07. The fourth-order valence-corrected chi connectivity index (χ4v) is 4.46. The smallest absolute Gasteiger partial charge is 0.334 e. The molecule has 2 N–H and O–H groups in total. The molecule has 2 atom stereocenters. The molecule has 1 aliphatic carbocycles. The predicted molar refractivity (Wildman–Crippen MR) is 96.2 cm³/mol. The lowest BCUT2D eigenvalue weighted by Gasteiger charge is -2.31. The van der Waals surface area contributed by atoms with Crippen LogP contribution >= 0.6 is 0 Å². The van der Waals surface area contributed by atoms with Gasteiger partial charge in [0.05, 0.1) is 5.56 Å². The lowest BCUT2D eigenvalue weighted by atomic mass is 9.81. The van der Waals surface area contributed by atoms with Crippen LogP contribution in [0.15, 0.2) is 18.2 Å². The van der Waals surface area contributed by atoms with Gasteiger partial charge in [0.15, 0.2) is 0 Å². The number of imide groups is 1. The lowest BCUT2D eigenvalue weighted by molar-refractivity contribution is -0.138. The van der Waals surface area contributed by atoms with Gasteiger partial charge in [0, 0.05) is 19.0 Å². The third kappa shape index (κ3) is 3.47. The molecule has 2 aliphatic heterocycles. The van der Waals surface area contributed by atoms with Gasteiger partial charge in [-0.3, -0.25) is 14.9 Å². The minimum absolute atomic E-state index is 0.0147. The molecule has 4 rings (SSSR count). The van der Waals surface area contributed by atoms with Crippen LogP contribution in [0.3, 0.4) is 0 Å². The Morgan fingerprint density at radius 2 is 1.93 bits per heavy atom. The second-order valence-electron chi connectivity index (χ2n) is 8.14. The summed E-state index contributed by atoms with van der Waals surface area (Å²) in [6, 6.07) is 3.00. The quantitative estimate of drug-likeness (QED) is 0.734. The molecule has 0 unspecified atom stereocenters. The number of nitrogens with zero attached hydrogens (tertiary/aromatic N) is 1. The zero-order valence-corrected chi connectivity index (χ0v) is 15.9. The van der Waals surface area contributed by atoms with Crippen molar-refractivity contribution < 1.29 is 27.6 Å². The minimum atomic E-state index is -4.43. The molecule has 4 amide bonds. The van der Waals surface area contributed by atoms with E-state index in [4.69, 9.17) is 0 Å². The molecule has 9 heteroatoms. The van der Waals surface area contributed by atoms with Gasteiger partial charge in [-0.15, -0.1) is 0 Å². The molecule has 1 saturated heterocycles. The summed E-state index contributed by atoms with van der Waals surface area (Å²) in [5, 5.41) is 5.02. The van der Waals surface area contributed by atoms with Crippen molar-refractivity contribution in [2.75, 3.05) is 0 Å². The summed E-state index contributed by atoms with van der Waals surface area (Å²) in [6.07, 6.45) is -2.13. The highest BCUT2D eigenvalue weighted by atomic mass is 19.4. The minimum Gasteiger partial charge on any atom is -0.334 e. The van der Waals surface area contributed by atoms with Crippen LogP contribution in [0.1, 0.15) is 49.3 Å². The number of carbonyl (C=O) groups excluding carboxylic acids is 3. The summed E-state index contributed by atoms with van der Waals surface area (Å²) in [5.74, 6) is -1.08. The van der Waals surface area contributed by atoms with E-state index in [1.165, 1.54) is 11.0 Å². The van der Waals surface area contributed by atoms with E-state index in [9.17, 15) is 27.6 Å². The number of benzene rings is 1. The second kappa shape index (κ2) is 6.74. The third-order valence-corrected chi connectivity index (χ3v) is 6.22. The fourth-order valence-electron chi connectivity index (χ4n) is 4.46. The number of rotatable bonds is 5. The summed E-state index contributed by atoms with van der Waals surface area (Å²) in [5.41, 5.74) is -0.601. The van der Waals surface area contributed by atoms with Gasteiger partial charge < -0.3 is 10.2 Å². The Morgan fingerprint density at radius 3 is 2.48 bits per heavy atom. The Morgan fingerprint density at radius 1 is 1.24 bits per heavy atom. The molecule has 0 spiro atoms. The molecule has 6 nitrogen and oxygen atoms in total. The Labute approximate surface area is 165 Å². The number of nitrogens with one attached hydrogen (secondary N) is 2. The van der Waals surface area contributed by atoms with E-state index in [0.29, 0.717) is 17.5 Å². The predicted octanol–water partition coefficient (Wildman–Crippen LogP) is 2.95. The Bertz CT molecular complexity index is 881. The van der Waals surface area contributed by atoms with Crippen molar-refractivity contribution in [3.8, 4) is 0 Å². The first-order valence-corrected chi connectivity index (χ1v) is 9.75. The first-order chi connectivity index (χ1) is 13.6. The molecule has 3 aliphatic rings. The number of urea groups is 1. The number of amides is 4. The number of carbonyl (C=O) groups is 3. The van der Waals surface area contributed by atoms with E-state index >= 15 is 0 Å². The van der Waals surface area contributed by atoms with Crippen LogP contribution in [-0.4, -0.2) is 28.3 Å². The maximum atomic E-state index is 13.1. The van der Waals surface area contributed by atoms with Gasteiger partial charge in [0.25, 0.3) is 5.91 Å². The zero-order valence-electron chi connectivity index (χ0n) is 15.9. The summed E-state index contributed by atoms with van der Waals surface area (Å²) >= 11 is 0.